The van der Waals surface area contributed by atoms with Crippen LogP contribution >= 0.6 is 11.8 Å². The summed E-state index contributed by atoms with van der Waals surface area (Å²) in [5.74, 6) is 1.53. The number of carbonyl (C=O) groups excluding carboxylic acids is 2. The van der Waals surface area contributed by atoms with Crippen LogP contribution in [0.4, 0.5) is 11.4 Å². The molecule has 2 rings (SSSR count). The molecule has 0 aromatic heterocycles. The Balaban J connectivity index is 2.12. The van der Waals surface area contributed by atoms with Gasteiger partial charge in [-0.2, -0.15) is 0 Å². The zero-order valence-electron chi connectivity index (χ0n) is 12.1. The summed E-state index contributed by atoms with van der Waals surface area (Å²) in [5, 5.41) is 2.78. The Labute approximate surface area is 128 Å². The second kappa shape index (κ2) is 6.71. The van der Waals surface area contributed by atoms with Crippen LogP contribution in [-0.4, -0.2) is 41.5 Å². The van der Waals surface area contributed by atoms with Crippen molar-refractivity contribution >= 4 is 35.0 Å². The van der Waals surface area contributed by atoms with E-state index in [1.54, 1.807) is 48.9 Å². The number of carbonyl (C=O) groups is 2. The molecule has 0 spiro atoms. The largest absolute Gasteiger partial charge is 0.497 e. The molecule has 1 unspecified atom stereocenters. The van der Waals surface area contributed by atoms with Crippen molar-refractivity contribution in [1.29, 1.82) is 0 Å². The van der Waals surface area contributed by atoms with E-state index in [2.05, 4.69) is 5.32 Å². The number of thioether (sulfide) groups is 1. The number of benzene rings is 1. The SMILES string of the molecule is CCC(=O)N1CSCC1C(=O)Nc1cc(OC)ccc1N. The Morgan fingerprint density at radius 2 is 2.29 bits per heavy atom. The number of nitrogens with two attached hydrogens (primary N) is 1. The Morgan fingerprint density at radius 3 is 2.95 bits per heavy atom. The number of amides is 2. The number of nitrogen functional groups attached to an aromatic ring is 1. The van der Waals surface area contributed by atoms with Crippen LogP contribution in [0, 0.1) is 0 Å². The third-order valence-electron chi connectivity index (χ3n) is 3.33. The first-order valence-corrected chi connectivity index (χ1v) is 7.83. The lowest BCUT2D eigenvalue weighted by Crippen LogP contribution is -2.44. The van der Waals surface area contributed by atoms with Crippen LogP contribution in [-0.2, 0) is 9.59 Å². The van der Waals surface area contributed by atoms with Crippen LogP contribution in [0.3, 0.4) is 0 Å². The summed E-state index contributed by atoms with van der Waals surface area (Å²) in [6, 6.07) is 4.62. The minimum absolute atomic E-state index is 0.0150. The van der Waals surface area contributed by atoms with Gasteiger partial charge in [-0.25, -0.2) is 0 Å². The van der Waals surface area contributed by atoms with Gasteiger partial charge in [-0.1, -0.05) is 6.92 Å². The second-order valence-electron chi connectivity index (χ2n) is 4.68. The third-order valence-corrected chi connectivity index (χ3v) is 4.34. The number of nitrogens with one attached hydrogen (secondary N) is 1. The average molecular weight is 309 g/mol. The minimum atomic E-state index is -0.451. The van der Waals surface area contributed by atoms with Crippen molar-refractivity contribution in [3.8, 4) is 5.75 Å². The molecule has 0 saturated carbocycles. The summed E-state index contributed by atoms with van der Waals surface area (Å²) in [6.07, 6.45) is 0.394. The van der Waals surface area contributed by atoms with E-state index in [-0.39, 0.29) is 11.8 Å². The summed E-state index contributed by atoms with van der Waals surface area (Å²) < 4.78 is 5.12. The molecule has 2 amide bonds. The molecule has 1 aliphatic heterocycles. The second-order valence-corrected chi connectivity index (χ2v) is 5.67. The highest BCUT2D eigenvalue weighted by Gasteiger charge is 2.34. The molecular weight excluding hydrogens is 290 g/mol. The topological polar surface area (TPSA) is 84.7 Å². The van der Waals surface area contributed by atoms with Gasteiger partial charge in [-0.05, 0) is 12.1 Å². The maximum absolute atomic E-state index is 12.4. The number of anilines is 2. The van der Waals surface area contributed by atoms with E-state index >= 15 is 0 Å². The van der Waals surface area contributed by atoms with Gasteiger partial charge in [0.05, 0.1) is 24.4 Å². The van der Waals surface area contributed by atoms with Gasteiger partial charge in [0.2, 0.25) is 11.8 Å². The Morgan fingerprint density at radius 1 is 1.52 bits per heavy atom. The van der Waals surface area contributed by atoms with Gasteiger partial charge < -0.3 is 20.7 Å². The number of hydrogen-bond donors (Lipinski definition) is 2. The fourth-order valence-electron chi connectivity index (χ4n) is 2.10. The molecule has 6 nitrogen and oxygen atoms in total. The first kappa shape index (κ1) is 15.5. The standard InChI is InChI=1S/C14H19N3O3S/c1-3-13(18)17-8-21-7-12(17)14(19)16-11-6-9(20-2)4-5-10(11)15/h4-6,12H,3,7-8,15H2,1-2H3,(H,16,19). The van der Waals surface area contributed by atoms with E-state index in [0.717, 1.165) is 0 Å². The number of methoxy groups -OCH3 is 1. The normalized spacial score (nSPS) is 17.6. The van der Waals surface area contributed by atoms with Gasteiger partial charge in [-0.3, -0.25) is 9.59 Å². The molecule has 0 radical (unpaired) electrons. The van der Waals surface area contributed by atoms with Gasteiger partial charge in [0.25, 0.3) is 0 Å². The summed E-state index contributed by atoms with van der Waals surface area (Å²) in [7, 11) is 1.55. The number of rotatable bonds is 4. The van der Waals surface area contributed by atoms with E-state index < -0.39 is 6.04 Å². The maximum Gasteiger partial charge on any atom is 0.248 e. The Hall–Kier alpha value is -1.89. The van der Waals surface area contributed by atoms with Crippen LogP contribution in [0.1, 0.15) is 13.3 Å². The smallest absolute Gasteiger partial charge is 0.248 e. The molecule has 0 bridgehead atoms. The third kappa shape index (κ3) is 3.41. The molecule has 3 N–H and O–H groups in total. The number of nitrogens with zero attached hydrogens (tertiary/aromatic N) is 1. The summed E-state index contributed by atoms with van der Waals surface area (Å²) in [5.41, 5.74) is 6.82. The molecule has 1 aliphatic rings. The molecule has 1 atom stereocenters. The Bertz CT molecular complexity index is 550. The van der Waals surface area contributed by atoms with Gasteiger partial charge in [-0.15, -0.1) is 11.8 Å². The van der Waals surface area contributed by atoms with Gasteiger partial charge in [0.1, 0.15) is 11.8 Å². The first-order chi connectivity index (χ1) is 10.1. The van der Waals surface area contributed by atoms with E-state index in [1.807, 2.05) is 0 Å². The van der Waals surface area contributed by atoms with E-state index in [0.29, 0.717) is 35.2 Å². The van der Waals surface area contributed by atoms with Crippen LogP contribution < -0.4 is 15.8 Å². The molecule has 21 heavy (non-hydrogen) atoms. The Kier molecular flexibility index (Phi) is 4.95. The lowest BCUT2D eigenvalue weighted by Gasteiger charge is -2.23. The molecule has 1 aromatic rings. The van der Waals surface area contributed by atoms with Gasteiger partial charge >= 0.3 is 0 Å². The van der Waals surface area contributed by atoms with Crippen LogP contribution in [0.15, 0.2) is 18.2 Å². The quantitative estimate of drug-likeness (QED) is 0.824. The number of hydrogen-bond acceptors (Lipinski definition) is 5. The average Bonchev–Trinajstić information content (AvgIpc) is 2.98. The van der Waals surface area contributed by atoms with Gasteiger partial charge in [0, 0.05) is 18.2 Å². The van der Waals surface area contributed by atoms with E-state index in [9.17, 15) is 9.59 Å². The minimum Gasteiger partial charge on any atom is -0.497 e. The van der Waals surface area contributed by atoms with Crippen molar-refractivity contribution < 1.29 is 14.3 Å². The highest BCUT2D eigenvalue weighted by atomic mass is 32.2. The van der Waals surface area contributed by atoms with Gasteiger partial charge in [0.15, 0.2) is 0 Å². The highest BCUT2D eigenvalue weighted by Crippen LogP contribution is 2.27. The van der Waals surface area contributed by atoms with Crippen molar-refractivity contribution in [2.75, 3.05) is 29.8 Å². The van der Waals surface area contributed by atoms with Crippen molar-refractivity contribution in [2.45, 2.75) is 19.4 Å². The van der Waals surface area contributed by atoms with Crippen molar-refractivity contribution in [3.63, 3.8) is 0 Å². The lowest BCUT2D eigenvalue weighted by molar-refractivity contribution is -0.135. The van der Waals surface area contributed by atoms with Crippen molar-refractivity contribution in [1.82, 2.24) is 4.90 Å². The molecule has 7 heteroatoms. The summed E-state index contributed by atoms with van der Waals surface area (Å²) in [4.78, 5) is 25.8. The van der Waals surface area contributed by atoms with Crippen molar-refractivity contribution in [3.05, 3.63) is 18.2 Å². The van der Waals surface area contributed by atoms with E-state index in [1.165, 1.54) is 0 Å². The lowest BCUT2D eigenvalue weighted by atomic mass is 10.2. The molecular formula is C14H19N3O3S. The fraction of sp³-hybridized carbons (Fsp3) is 0.429. The molecule has 114 valence electrons. The summed E-state index contributed by atoms with van der Waals surface area (Å²) in [6.45, 7) is 1.79. The monoisotopic (exact) mass is 309 g/mol. The van der Waals surface area contributed by atoms with E-state index in [4.69, 9.17) is 10.5 Å². The zero-order chi connectivity index (χ0) is 15.4. The number of ether oxygens (including phenoxy) is 1. The predicted octanol–water partition coefficient (Wildman–Crippen LogP) is 1.53. The summed E-state index contributed by atoms with van der Waals surface area (Å²) >= 11 is 1.57. The maximum atomic E-state index is 12.4. The molecule has 0 aliphatic carbocycles. The van der Waals surface area contributed by atoms with Crippen LogP contribution in [0.5, 0.6) is 5.75 Å². The fourth-order valence-corrected chi connectivity index (χ4v) is 3.28. The zero-order valence-corrected chi connectivity index (χ0v) is 12.9. The molecule has 1 aromatic carbocycles. The highest BCUT2D eigenvalue weighted by molar-refractivity contribution is 7.99. The molecule has 1 saturated heterocycles. The first-order valence-electron chi connectivity index (χ1n) is 6.68. The molecule has 1 fully saturated rings. The predicted molar refractivity (Wildman–Crippen MR) is 84.3 cm³/mol. The molecule has 1 heterocycles. The van der Waals surface area contributed by atoms with Crippen LogP contribution in [0.25, 0.3) is 0 Å². The van der Waals surface area contributed by atoms with Crippen molar-refractivity contribution in [2.24, 2.45) is 0 Å². The van der Waals surface area contributed by atoms with Crippen LogP contribution in [0.2, 0.25) is 0 Å².